The Morgan fingerprint density at radius 2 is 0.696 bits per heavy atom. The van der Waals surface area contributed by atoms with Crippen molar-refractivity contribution in [3.63, 3.8) is 0 Å². The Morgan fingerprint density at radius 3 is 1.07 bits per heavy atom. The predicted octanol–water partition coefficient (Wildman–Crippen LogP) is 10.5. The highest BCUT2D eigenvalue weighted by molar-refractivity contribution is 7.92. The molecule has 7 aromatic rings. The van der Waals surface area contributed by atoms with E-state index in [2.05, 4.69) is 11.8 Å². The number of para-hydroxylation sites is 2. The van der Waals surface area contributed by atoms with Crippen LogP contribution in [-0.2, 0) is 19.7 Å². The molecule has 0 radical (unpaired) electrons. The fourth-order valence-electron chi connectivity index (χ4n) is 5.51. The number of rotatable bonds is 12. The SMILES string of the molecule is C#Cc1ccc(Oc2ccccc2S(=O)(=O)c2ccc(Oc3cccc(Oc4ccc(S(=O)(=O)c5ccccc5Oc5ccc(C#C)cc5)cc4)c3)cc2)cc1. The third-order valence-electron chi connectivity index (χ3n) is 8.32. The van der Waals surface area contributed by atoms with Crippen LogP contribution in [0.4, 0.5) is 0 Å². The molecular weight excluding hydrogens is 745 g/mol. The summed E-state index contributed by atoms with van der Waals surface area (Å²) in [7, 11) is -7.92. The highest BCUT2D eigenvalue weighted by Crippen LogP contribution is 2.36. The molecule has 7 rings (SSSR count). The van der Waals surface area contributed by atoms with E-state index in [1.54, 1.807) is 133 Å². The first-order valence-electron chi connectivity index (χ1n) is 17.0. The normalized spacial score (nSPS) is 11.1. The van der Waals surface area contributed by atoms with E-state index in [0.717, 1.165) is 0 Å². The molecule has 0 aliphatic rings. The van der Waals surface area contributed by atoms with Crippen LogP contribution in [0.2, 0.25) is 0 Å². The molecule has 0 N–H and O–H groups in total. The van der Waals surface area contributed by atoms with Gasteiger partial charge in [-0.05, 0) is 133 Å². The number of sulfone groups is 2. The van der Waals surface area contributed by atoms with Crippen molar-refractivity contribution in [2.24, 2.45) is 0 Å². The second-order valence-electron chi connectivity index (χ2n) is 12.1. The second kappa shape index (κ2) is 16.0. The summed E-state index contributed by atoms with van der Waals surface area (Å²) in [5, 5.41) is 0. The Hall–Kier alpha value is -7.24. The summed E-state index contributed by atoms with van der Waals surface area (Å²) in [5.74, 6) is 7.95. The molecule has 0 atom stereocenters. The average molecular weight is 775 g/mol. The molecule has 0 saturated heterocycles. The van der Waals surface area contributed by atoms with Crippen LogP contribution in [0.3, 0.4) is 0 Å². The highest BCUT2D eigenvalue weighted by atomic mass is 32.2. The Bertz CT molecular complexity index is 2620. The van der Waals surface area contributed by atoms with Crippen molar-refractivity contribution in [2.45, 2.75) is 19.6 Å². The number of terminal acetylenes is 2. The number of hydrogen-bond acceptors (Lipinski definition) is 8. The lowest BCUT2D eigenvalue weighted by molar-refractivity contribution is 0.460. The van der Waals surface area contributed by atoms with Crippen LogP contribution in [0, 0.1) is 24.7 Å². The lowest BCUT2D eigenvalue weighted by atomic mass is 10.2. The summed E-state index contributed by atoms with van der Waals surface area (Å²) in [6.45, 7) is 0. The van der Waals surface area contributed by atoms with Crippen molar-refractivity contribution in [3.05, 3.63) is 181 Å². The lowest BCUT2D eigenvalue weighted by Crippen LogP contribution is -2.04. The largest absolute Gasteiger partial charge is 0.457 e. The van der Waals surface area contributed by atoms with E-state index in [1.807, 2.05) is 0 Å². The molecule has 0 spiro atoms. The molecule has 8 nitrogen and oxygen atoms in total. The second-order valence-corrected chi connectivity index (χ2v) is 15.9. The van der Waals surface area contributed by atoms with E-state index < -0.39 is 19.7 Å². The maximum atomic E-state index is 13.7. The molecule has 0 aliphatic carbocycles. The molecule has 0 amide bonds. The van der Waals surface area contributed by atoms with Gasteiger partial charge >= 0.3 is 0 Å². The maximum absolute atomic E-state index is 13.7. The minimum atomic E-state index is -3.96. The van der Waals surface area contributed by atoms with Gasteiger partial charge in [-0.15, -0.1) is 12.8 Å². The van der Waals surface area contributed by atoms with Crippen molar-refractivity contribution >= 4 is 19.7 Å². The lowest BCUT2D eigenvalue weighted by Gasteiger charge is -2.13. The van der Waals surface area contributed by atoms with Gasteiger partial charge in [0, 0.05) is 17.2 Å². The summed E-state index contributed by atoms with van der Waals surface area (Å²) in [6.07, 6.45) is 10.9. The Labute approximate surface area is 325 Å². The van der Waals surface area contributed by atoms with Gasteiger partial charge in [0.25, 0.3) is 0 Å². The zero-order valence-electron chi connectivity index (χ0n) is 29.4. The van der Waals surface area contributed by atoms with E-state index in [9.17, 15) is 16.8 Å². The number of hydrogen-bond donors (Lipinski definition) is 0. The molecule has 0 aliphatic heterocycles. The van der Waals surface area contributed by atoms with Crippen molar-refractivity contribution in [1.82, 2.24) is 0 Å². The third kappa shape index (κ3) is 8.28. The minimum absolute atomic E-state index is 0.00662. The van der Waals surface area contributed by atoms with Gasteiger partial charge in [-0.25, -0.2) is 16.8 Å². The maximum Gasteiger partial charge on any atom is 0.210 e. The van der Waals surface area contributed by atoms with E-state index in [4.69, 9.17) is 31.8 Å². The number of benzene rings is 7. The standard InChI is InChI=1S/C46H30O8S2/c1-3-33-16-20-37(21-17-33)53-43-12-5-7-14-45(43)55(47,48)41-28-24-35(25-29-41)51-39-10-9-11-40(32-39)52-36-26-30-42(31-27-36)56(49,50)46-15-8-6-13-44(46)54-38-22-18-34(4-2)19-23-38/h1-2,5-32H. The van der Waals surface area contributed by atoms with Crippen LogP contribution < -0.4 is 18.9 Å². The van der Waals surface area contributed by atoms with Gasteiger partial charge in [-0.1, -0.05) is 42.2 Å². The molecule has 0 fully saturated rings. The Morgan fingerprint density at radius 1 is 0.357 bits per heavy atom. The summed E-state index contributed by atoms with van der Waals surface area (Å²) in [5.41, 5.74) is 1.35. The van der Waals surface area contributed by atoms with Crippen molar-refractivity contribution in [2.75, 3.05) is 0 Å². The fourth-order valence-corrected chi connectivity index (χ4v) is 8.27. The van der Waals surface area contributed by atoms with Crippen LogP contribution in [0.25, 0.3) is 0 Å². The smallest absolute Gasteiger partial charge is 0.210 e. The predicted molar refractivity (Wildman–Crippen MR) is 212 cm³/mol. The first-order chi connectivity index (χ1) is 27.1. The van der Waals surface area contributed by atoms with Gasteiger partial charge in [-0.3, -0.25) is 0 Å². The van der Waals surface area contributed by atoms with Crippen LogP contribution in [0.1, 0.15) is 11.1 Å². The molecule has 0 bridgehead atoms. The number of ether oxygens (including phenoxy) is 4. The van der Waals surface area contributed by atoms with Crippen LogP contribution in [0.5, 0.6) is 46.0 Å². The summed E-state index contributed by atoms with van der Waals surface area (Å²) < 4.78 is 78.6. The first-order valence-corrected chi connectivity index (χ1v) is 19.9. The highest BCUT2D eigenvalue weighted by Gasteiger charge is 2.24. The van der Waals surface area contributed by atoms with Crippen molar-refractivity contribution in [1.29, 1.82) is 0 Å². The molecular formula is C46H30O8S2. The Kier molecular flexibility index (Phi) is 10.6. The Balaban J connectivity index is 1.02. The van der Waals surface area contributed by atoms with Gasteiger partial charge in [0.05, 0.1) is 9.79 Å². The molecule has 274 valence electrons. The van der Waals surface area contributed by atoms with Crippen LogP contribution >= 0.6 is 0 Å². The summed E-state index contributed by atoms with van der Waals surface area (Å²) in [6, 6.07) is 45.2. The average Bonchev–Trinajstić information content (AvgIpc) is 3.22. The fraction of sp³-hybridized carbons (Fsp3) is 0. The van der Waals surface area contributed by atoms with Gasteiger partial charge in [0.1, 0.15) is 55.8 Å². The first kappa shape index (κ1) is 37.1. The van der Waals surface area contributed by atoms with Gasteiger partial charge in [0.15, 0.2) is 0 Å². The molecule has 10 heteroatoms. The molecule has 56 heavy (non-hydrogen) atoms. The zero-order valence-corrected chi connectivity index (χ0v) is 31.0. The van der Waals surface area contributed by atoms with E-state index in [-0.39, 0.29) is 31.1 Å². The molecule has 0 unspecified atom stereocenters. The molecule has 7 aromatic carbocycles. The minimum Gasteiger partial charge on any atom is -0.457 e. The van der Waals surface area contributed by atoms with Crippen LogP contribution in [0.15, 0.2) is 189 Å². The van der Waals surface area contributed by atoms with E-state index >= 15 is 0 Å². The molecule has 0 saturated carbocycles. The van der Waals surface area contributed by atoms with E-state index in [0.29, 0.717) is 45.6 Å². The quantitative estimate of drug-likeness (QED) is 0.113. The van der Waals surface area contributed by atoms with Gasteiger partial charge < -0.3 is 18.9 Å². The topological polar surface area (TPSA) is 105 Å². The van der Waals surface area contributed by atoms with Gasteiger partial charge in [-0.2, -0.15) is 0 Å². The monoisotopic (exact) mass is 774 g/mol. The van der Waals surface area contributed by atoms with Crippen molar-refractivity contribution in [3.8, 4) is 70.7 Å². The summed E-state index contributed by atoms with van der Waals surface area (Å²) in [4.78, 5) is 0.120. The van der Waals surface area contributed by atoms with Crippen molar-refractivity contribution < 1.29 is 35.8 Å². The molecule has 0 heterocycles. The van der Waals surface area contributed by atoms with E-state index in [1.165, 1.54) is 36.4 Å². The van der Waals surface area contributed by atoms with Gasteiger partial charge in [0.2, 0.25) is 19.7 Å². The van der Waals surface area contributed by atoms with Crippen LogP contribution in [-0.4, -0.2) is 16.8 Å². The summed E-state index contributed by atoms with van der Waals surface area (Å²) >= 11 is 0. The zero-order chi connectivity index (χ0) is 39.1. The third-order valence-corrected chi connectivity index (χ3v) is 11.9. The molecule has 0 aromatic heterocycles.